The third-order valence-corrected chi connectivity index (χ3v) is 2.99. The number of benzene rings is 1. The first kappa shape index (κ1) is 12.3. The molecular formula is C14H13N3O3. The Balaban J connectivity index is 1.72. The van der Waals surface area contributed by atoms with Crippen LogP contribution in [0.2, 0.25) is 0 Å². The van der Waals surface area contributed by atoms with Crippen LogP contribution in [0.4, 0.5) is 5.69 Å². The molecule has 0 saturated heterocycles. The number of nitrogens with one attached hydrogen (secondary N) is 3. The van der Waals surface area contributed by atoms with Crippen LogP contribution in [0, 0.1) is 0 Å². The van der Waals surface area contributed by atoms with Crippen molar-refractivity contribution in [3.05, 3.63) is 47.8 Å². The molecule has 0 unspecified atom stereocenters. The summed E-state index contributed by atoms with van der Waals surface area (Å²) < 4.78 is 5.24. The molecule has 0 radical (unpaired) electrons. The molecule has 2 amide bonds. The van der Waals surface area contributed by atoms with Crippen molar-refractivity contribution in [1.29, 1.82) is 0 Å². The fourth-order valence-electron chi connectivity index (χ4n) is 1.98. The molecule has 1 aliphatic heterocycles. The lowest BCUT2D eigenvalue weighted by Gasteiger charge is -2.18. The molecule has 3 rings (SSSR count). The van der Waals surface area contributed by atoms with Crippen molar-refractivity contribution >= 4 is 17.5 Å². The van der Waals surface area contributed by atoms with Crippen LogP contribution in [0.15, 0.2) is 36.7 Å². The number of rotatable bonds is 3. The zero-order valence-corrected chi connectivity index (χ0v) is 10.6. The predicted molar refractivity (Wildman–Crippen MR) is 72.5 cm³/mol. The largest absolute Gasteiger partial charge is 0.482 e. The lowest BCUT2D eigenvalue weighted by atomic mass is 10.1. The number of aromatic amines is 1. The van der Waals surface area contributed by atoms with Crippen molar-refractivity contribution < 1.29 is 14.3 Å². The Morgan fingerprint density at radius 1 is 1.35 bits per heavy atom. The summed E-state index contributed by atoms with van der Waals surface area (Å²) in [5.74, 6) is 0.156. The Morgan fingerprint density at radius 3 is 3.05 bits per heavy atom. The van der Waals surface area contributed by atoms with Gasteiger partial charge in [-0.05, 0) is 29.8 Å². The molecule has 0 spiro atoms. The number of carbonyl (C=O) groups excluding carboxylic acids is 2. The van der Waals surface area contributed by atoms with Crippen molar-refractivity contribution in [2.45, 2.75) is 6.54 Å². The standard InChI is InChI=1S/C14H13N3O3/c18-13-8-20-12-2-1-10(5-11(12)17-13)14(19)16-7-9-3-4-15-6-9/h1-6,15H,7-8H2,(H,16,19)(H,17,18). The number of anilines is 1. The van der Waals surface area contributed by atoms with Gasteiger partial charge in [0.1, 0.15) is 5.75 Å². The lowest BCUT2D eigenvalue weighted by molar-refractivity contribution is -0.118. The average Bonchev–Trinajstić information content (AvgIpc) is 2.97. The molecule has 2 aromatic rings. The molecule has 2 heterocycles. The quantitative estimate of drug-likeness (QED) is 0.786. The Bertz CT molecular complexity index is 650. The summed E-state index contributed by atoms with van der Waals surface area (Å²) >= 11 is 0. The van der Waals surface area contributed by atoms with Crippen molar-refractivity contribution in [1.82, 2.24) is 10.3 Å². The number of hydrogen-bond donors (Lipinski definition) is 3. The Morgan fingerprint density at radius 2 is 2.25 bits per heavy atom. The molecule has 102 valence electrons. The summed E-state index contributed by atoms with van der Waals surface area (Å²) in [7, 11) is 0. The molecule has 6 nitrogen and oxygen atoms in total. The van der Waals surface area contributed by atoms with Crippen LogP contribution in [-0.2, 0) is 11.3 Å². The van der Waals surface area contributed by atoms with E-state index in [1.165, 1.54) is 0 Å². The molecule has 1 aliphatic rings. The summed E-state index contributed by atoms with van der Waals surface area (Å²) in [6, 6.07) is 6.85. The number of carbonyl (C=O) groups is 2. The van der Waals surface area contributed by atoms with Gasteiger partial charge in [0.25, 0.3) is 11.8 Å². The number of hydrogen-bond acceptors (Lipinski definition) is 3. The highest BCUT2D eigenvalue weighted by Gasteiger charge is 2.17. The maximum Gasteiger partial charge on any atom is 0.262 e. The van der Waals surface area contributed by atoms with Gasteiger partial charge in [-0.25, -0.2) is 0 Å². The van der Waals surface area contributed by atoms with E-state index in [-0.39, 0.29) is 18.4 Å². The normalized spacial score (nSPS) is 13.1. The predicted octanol–water partition coefficient (Wildman–Crippen LogP) is 1.28. The van der Waals surface area contributed by atoms with Crippen LogP contribution in [0.3, 0.4) is 0 Å². The molecule has 3 N–H and O–H groups in total. The second kappa shape index (κ2) is 5.08. The second-order valence-electron chi connectivity index (χ2n) is 4.45. The van der Waals surface area contributed by atoms with Crippen LogP contribution in [-0.4, -0.2) is 23.4 Å². The smallest absolute Gasteiger partial charge is 0.262 e. The Kier molecular flexibility index (Phi) is 3.12. The fraction of sp³-hybridized carbons (Fsp3) is 0.143. The zero-order valence-electron chi connectivity index (χ0n) is 10.6. The molecule has 6 heteroatoms. The molecule has 20 heavy (non-hydrogen) atoms. The topological polar surface area (TPSA) is 83.2 Å². The zero-order chi connectivity index (χ0) is 13.9. The summed E-state index contributed by atoms with van der Waals surface area (Å²) in [6.45, 7) is 0.453. The number of H-pyrrole nitrogens is 1. The summed E-state index contributed by atoms with van der Waals surface area (Å²) in [5.41, 5.74) is 1.99. The number of aromatic nitrogens is 1. The Hall–Kier alpha value is -2.76. The van der Waals surface area contributed by atoms with E-state index in [0.29, 0.717) is 23.5 Å². The molecule has 0 fully saturated rings. The van der Waals surface area contributed by atoms with Gasteiger partial charge in [0, 0.05) is 24.5 Å². The number of fused-ring (bicyclic) bond motifs is 1. The van der Waals surface area contributed by atoms with Gasteiger partial charge in [-0.2, -0.15) is 0 Å². The lowest BCUT2D eigenvalue weighted by Crippen LogP contribution is -2.26. The van der Waals surface area contributed by atoms with Gasteiger partial charge in [0.05, 0.1) is 5.69 Å². The van der Waals surface area contributed by atoms with Crippen molar-refractivity contribution in [3.8, 4) is 5.75 Å². The molecule has 0 atom stereocenters. The van der Waals surface area contributed by atoms with E-state index in [1.807, 2.05) is 12.3 Å². The average molecular weight is 271 g/mol. The highest BCUT2D eigenvalue weighted by molar-refractivity contribution is 5.99. The van der Waals surface area contributed by atoms with Crippen molar-refractivity contribution in [3.63, 3.8) is 0 Å². The summed E-state index contributed by atoms with van der Waals surface area (Å²) in [4.78, 5) is 26.2. The minimum Gasteiger partial charge on any atom is -0.482 e. The molecule has 0 bridgehead atoms. The maximum absolute atomic E-state index is 12.0. The first-order valence-corrected chi connectivity index (χ1v) is 6.19. The molecule has 0 aliphatic carbocycles. The van der Waals surface area contributed by atoms with E-state index in [9.17, 15) is 9.59 Å². The number of ether oxygens (including phenoxy) is 1. The fourth-order valence-corrected chi connectivity index (χ4v) is 1.98. The van der Waals surface area contributed by atoms with Crippen molar-refractivity contribution in [2.24, 2.45) is 0 Å². The molecule has 1 aromatic carbocycles. The van der Waals surface area contributed by atoms with E-state index in [4.69, 9.17) is 4.74 Å². The third kappa shape index (κ3) is 2.49. The van der Waals surface area contributed by atoms with Gasteiger partial charge in [-0.15, -0.1) is 0 Å². The van der Waals surface area contributed by atoms with E-state index >= 15 is 0 Å². The van der Waals surface area contributed by atoms with Crippen LogP contribution in [0.25, 0.3) is 0 Å². The minimum atomic E-state index is -0.220. The van der Waals surface area contributed by atoms with Gasteiger partial charge in [0.15, 0.2) is 6.61 Å². The minimum absolute atomic E-state index is 0.00598. The summed E-state index contributed by atoms with van der Waals surface area (Å²) in [6.07, 6.45) is 3.62. The monoisotopic (exact) mass is 271 g/mol. The van der Waals surface area contributed by atoms with Gasteiger partial charge >= 0.3 is 0 Å². The molecule has 1 aromatic heterocycles. The Labute approximate surface area is 115 Å². The van der Waals surface area contributed by atoms with Gasteiger partial charge in [0.2, 0.25) is 0 Å². The third-order valence-electron chi connectivity index (χ3n) is 2.99. The maximum atomic E-state index is 12.0. The van der Waals surface area contributed by atoms with Gasteiger partial charge in [-0.3, -0.25) is 9.59 Å². The second-order valence-corrected chi connectivity index (χ2v) is 4.45. The van der Waals surface area contributed by atoms with Gasteiger partial charge < -0.3 is 20.4 Å². The van der Waals surface area contributed by atoms with E-state index in [0.717, 1.165) is 5.56 Å². The number of amides is 2. The van der Waals surface area contributed by atoms with Crippen LogP contribution >= 0.6 is 0 Å². The van der Waals surface area contributed by atoms with Crippen LogP contribution in [0.5, 0.6) is 5.75 Å². The van der Waals surface area contributed by atoms with E-state index in [2.05, 4.69) is 15.6 Å². The first-order valence-electron chi connectivity index (χ1n) is 6.19. The van der Waals surface area contributed by atoms with Crippen LogP contribution in [0.1, 0.15) is 15.9 Å². The van der Waals surface area contributed by atoms with E-state index in [1.54, 1.807) is 24.4 Å². The summed E-state index contributed by atoms with van der Waals surface area (Å²) in [5, 5.41) is 5.48. The SMILES string of the molecule is O=C1COc2ccc(C(=O)NCc3cc[nH]c3)cc2N1. The highest BCUT2D eigenvalue weighted by Crippen LogP contribution is 2.28. The van der Waals surface area contributed by atoms with E-state index < -0.39 is 0 Å². The highest BCUT2D eigenvalue weighted by atomic mass is 16.5. The first-order chi connectivity index (χ1) is 9.72. The van der Waals surface area contributed by atoms with Crippen molar-refractivity contribution in [2.75, 3.05) is 11.9 Å². The molecular weight excluding hydrogens is 258 g/mol. The van der Waals surface area contributed by atoms with Crippen LogP contribution < -0.4 is 15.4 Å². The van der Waals surface area contributed by atoms with Gasteiger partial charge in [-0.1, -0.05) is 0 Å². The molecule has 0 saturated carbocycles.